The lowest BCUT2D eigenvalue weighted by Crippen LogP contribution is -2.30. The van der Waals surface area contributed by atoms with E-state index in [1.165, 1.54) is 19.2 Å². The van der Waals surface area contributed by atoms with Gasteiger partial charge in [0, 0.05) is 20.0 Å². The predicted molar refractivity (Wildman–Crippen MR) is 93.1 cm³/mol. The second kappa shape index (κ2) is 8.37. The standard InChI is InChI=1S/C16H22FN5O3S/c1-11(16-19-12(2)20-21-16)18-15(23)5-4-10-22(3)26(24,25)14-8-6-13(17)7-9-14/h6-9,11H,4-5,10H2,1-3H3,(H,18,23)(H,19,20,21). The number of aromatic nitrogens is 3. The molecule has 0 radical (unpaired) electrons. The molecule has 0 spiro atoms. The van der Waals surface area contributed by atoms with Crippen LogP contribution >= 0.6 is 0 Å². The zero-order chi connectivity index (χ0) is 19.3. The van der Waals surface area contributed by atoms with Crippen LogP contribution in [0.15, 0.2) is 29.2 Å². The maximum absolute atomic E-state index is 12.9. The molecule has 0 aliphatic rings. The molecule has 0 saturated carbocycles. The van der Waals surface area contributed by atoms with E-state index in [0.717, 1.165) is 16.4 Å². The number of hydrogen-bond acceptors (Lipinski definition) is 5. The molecular formula is C16H22FN5O3S. The third-order valence-electron chi connectivity index (χ3n) is 3.78. The lowest BCUT2D eigenvalue weighted by Gasteiger charge is -2.17. The minimum absolute atomic E-state index is 0.0134. The van der Waals surface area contributed by atoms with Crippen LogP contribution in [0.1, 0.15) is 37.5 Å². The number of hydrogen-bond donors (Lipinski definition) is 2. The molecule has 1 atom stereocenters. The fourth-order valence-electron chi connectivity index (χ4n) is 2.30. The van der Waals surface area contributed by atoms with Crippen LogP contribution in [0.25, 0.3) is 0 Å². The van der Waals surface area contributed by atoms with Gasteiger partial charge in [-0.2, -0.15) is 5.10 Å². The minimum atomic E-state index is -3.71. The first-order valence-corrected chi connectivity index (χ1v) is 9.54. The molecular weight excluding hydrogens is 361 g/mol. The molecule has 1 heterocycles. The van der Waals surface area contributed by atoms with Gasteiger partial charge in [0.2, 0.25) is 15.9 Å². The van der Waals surface area contributed by atoms with Crippen molar-refractivity contribution in [3.05, 3.63) is 41.7 Å². The summed E-state index contributed by atoms with van der Waals surface area (Å²) in [6.45, 7) is 3.70. The lowest BCUT2D eigenvalue weighted by atomic mass is 10.2. The van der Waals surface area contributed by atoms with Gasteiger partial charge in [0.05, 0.1) is 10.9 Å². The maximum Gasteiger partial charge on any atom is 0.242 e. The van der Waals surface area contributed by atoms with Crippen LogP contribution in [0.3, 0.4) is 0 Å². The fraction of sp³-hybridized carbons (Fsp3) is 0.438. The van der Waals surface area contributed by atoms with E-state index in [0.29, 0.717) is 18.1 Å². The summed E-state index contributed by atoms with van der Waals surface area (Å²) in [5.74, 6) is 0.437. The highest BCUT2D eigenvalue weighted by molar-refractivity contribution is 7.89. The first-order chi connectivity index (χ1) is 12.2. The molecule has 1 amide bonds. The van der Waals surface area contributed by atoms with Crippen molar-refractivity contribution in [1.29, 1.82) is 0 Å². The van der Waals surface area contributed by atoms with Crippen molar-refractivity contribution in [2.75, 3.05) is 13.6 Å². The zero-order valence-electron chi connectivity index (χ0n) is 14.9. The van der Waals surface area contributed by atoms with Crippen LogP contribution in [0.5, 0.6) is 0 Å². The molecule has 10 heteroatoms. The van der Waals surface area contributed by atoms with Gasteiger partial charge in [-0.15, -0.1) is 0 Å². The number of halogens is 1. The molecule has 1 unspecified atom stereocenters. The number of nitrogens with one attached hydrogen (secondary N) is 2. The summed E-state index contributed by atoms with van der Waals surface area (Å²) in [6, 6.07) is 4.29. The van der Waals surface area contributed by atoms with E-state index in [1.807, 2.05) is 0 Å². The van der Waals surface area contributed by atoms with E-state index >= 15 is 0 Å². The van der Waals surface area contributed by atoms with Gasteiger partial charge in [0.25, 0.3) is 0 Å². The van der Waals surface area contributed by atoms with Crippen LogP contribution in [-0.4, -0.2) is 47.4 Å². The van der Waals surface area contributed by atoms with Crippen molar-refractivity contribution in [2.45, 2.75) is 37.6 Å². The normalized spacial score (nSPS) is 13.0. The number of rotatable bonds is 8. The van der Waals surface area contributed by atoms with E-state index in [-0.39, 0.29) is 29.8 Å². The molecule has 1 aromatic carbocycles. The van der Waals surface area contributed by atoms with Crippen molar-refractivity contribution in [2.24, 2.45) is 0 Å². The quantitative estimate of drug-likeness (QED) is 0.719. The van der Waals surface area contributed by atoms with Gasteiger partial charge in [0.1, 0.15) is 11.6 Å². The van der Waals surface area contributed by atoms with E-state index in [9.17, 15) is 17.6 Å². The summed E-state index contributed by atoms with van der Waals surface area (Å²) in [6.07, 6.45) is 0.513. The number of carbonyl (C=O) groups excluding carboxylic acids is 1. The van der Waals surface area contributed by atoms with Crippen LogP contribution in [0, 0.1) is 12.7 Å². The number of sulfonamides is 1. The highest BCUT2D eigenvalue weighted by atomic mass is 32.2. The van der Waals surface area contributed by atoms with Gasteiger partial charge in [-0.1, -0.05) is 0 Å². The first kappa shape index (κ1) is 20.0. The molecule has 8 nitrogen and oxygen atoms in total. The fourth-order valence-corrected chi connectivity index (χ4v) is 3.51. The minimum Gasteiger partial charge on any atom is -0.346 e. The number of aryl methyl sites for hydroxylation is 1. The van der Waals surface area contributed by atoms with Gasteiger partial charge in [-0.3, -0.25) is 9.89 Å². The summed E-state index contributed by atoms with van der Waals surface area (Å²) in [5.41, 5.74) is 0. The Hall–Kier alpha value is -2.33. The largest absolute Gasteiger partial charge is 0.346 e. The predicted octanol–water partition coefficient (Wildman–Crippen LogP) is 1.53. The van der Waals surface area contributed by atoms with Crippen LogP contribution in [-0.2, 0) is 14.8 Å². The SMILES string of the molecule is Cc1nc(C(C)NC(=O)CCCN(C)S(=O)(=O)c2ccc(F)cc2)n[nH]1. The summed E-state index contributed by atoms with van der Waals surface area (Å²) in [4.78, 5) is 16.1. The van der Waals surface area contributed by atoms with Crippen LogP contribution in [0.4, 0.5) is 4.39 Å². The molecule has 2 rings (SSSR count). The third kappa shape index (κ3) is 5.09. The molecule has 0 fully saturated rings. The number of nitrogens with zero attached hydrogens (tertiary/aromatic N) is 3. The second-order valence-corrected chi connectivity index (χ2v) is 8.00. The Morgan fingerprint density at radius 1 is 1.35 bits per heavy atom. The molecule has 0 aliphatic heterocycles. The van der Waals surface area contributed by atoms with Gasteiger partial charge >= 0.3 is 0 Å². The molecule has 0 saturated heterocycles. The van der Waals surface area contributed by atoms with Crippen molar-refractivity contribution < 1.29 is 17.6 Å². The van der Waals surface area contributed by atoms with Gasteiger partial charge in [-0.05, 0) is 44.5 Å². The number of H-pyrrole nitrogens is 1. The lowest BCUT2D eigenvalue weighted by molar-refractivity contribution is -0.121. The van der Waals surface area contributed by atoms with Gasteiger partial charge in [-0.25, -0.2) is 22.1 Å². The number of benzene rings is 1. The highest BCUT2D eigenvalue weighted by Gasteiger charge is 2.21. The van der Waals surface area contributed by atoms with Crippen molar-refractivity contribution in [3.8, 4) is 0 Å². The molecule has 1 aromatic heterocycles. The topological polar surface area (TPSA) is 108 Å². The third-order valence-corrected chi connectivity index (χ3v) is 5.65. The van der Waals surface area contributed by atoms with E-state index < -0.39 is 15.8 Å². The van der Waals surface area contributed by atoms with Gasteiger partial charge in [0.15, 0.2) is 5.82 Å². The Bertz CT molecular complexity index is 851. The Balaban J connectivity index is 1.82. The van der Waals surface area contributed by atoms with E-state index in [1.54, 1.807) is 13.8 Å². The van der Waals surface area contributed by atoms with E-state index in [4.69, 9.17) is 0 Å². The summed E-state index contributed by atoms with van der Waals surface area (Å²) >= 11 is 0. The second-order valence-electron chi connectivity index (χ2n) is 5.95. The molecule has 2 N–H and O–H groups in total. The summed E-state index contributed by atoms with van der Waals surface area (Å²) in [5, 5.41) is 9.46. The molecule has 0 aliphatic carbocycles. The van der Waals surface area contributed by atoms with Crippen LogP contribution in [0.2, 0.25) is 0 Å². The maximum atomic E-state index is 12.9. The van der Waals surface area contributed by atoms with Crippen molar-refractivity contribution in [1.82, 2.24) is 24.8 Å². The molecule has 2 aromatic rings. The number of amides is 1. The number of carbonyl (C=O) groups is 1. The Kier molecular flexibility index (Phi) is 6.43. The Labute approximate surface area is 151 Å². The van der Waals surface area contributed by atoms with Gasteiger partial charge < -0.3 is 5.32 Å². The molecule has 26 heavy (non-hydrogen) atoms. The average Bonchev–Trinajstić information content (AvgIpc) is 3.01. The van der Waals surface area contributed by atoms with Crippen molar-refractivity contribution >= 4 is 15.9 Å². The van der Waals surface area contributed by atoms with Crippen molar-refractivity contribution in [3.63, 3.8) is 0 Å². The summed E-state index contributed by atoms with van der Waals surface area (Å²) < 4.78 is 38.8. The van der Waals surface area contributed by atoms with Crippen LogP contribution < -0.4 is 5.32 Å². The molecule has 0 bridgehead atoms. The molecule has 142 valence electrons. The average molecular weight is 383 g/mol. The summed E-state index contributed by atoms with van der Waals surface area (Å²) in [7, 11) is -2.28. The highest BCUT2D eigenvalue weighted by Crippen LogP contribution is 2.15. The number of aromatic amines is 1. The van der Waals surface area contributed by atoms with E-state index in [2.05, 4.69) is 20.5 Å². The zero-order valence-corrected chi connectivity index (χ0v) is 15.7. The Morgan fingerprint density at radius 3 is 2.58 bits per heavy atom. The monoisotopic (exact) mass is 383 g/mol. The first-order valence-electron chi connectivity index (χ1n) is 8.10. The Morgan fingerprint density at radius 2 is 2.00 bits per heavy atom. The smallest absolute Gasteiger partial charge is 0.242 e.